The zero-order valence-electron chi connectivity index (χ0n) is 5.12. The molecule has 60 valence electrons. The second-order valence-corrected chi connectivity index (χ2v) is 3.00. The molecule has 0 aliphatic rings. The topological polar surface area (TPSA) is 50.2 Å². The highest BCUT2D eigenvalue weighted by atomic mass is 35.5. The van der Waals surface area contributed by atoms with Gasteiger partial charge in [0.25, 0.3) is 0 Å². The maximum Gasteiger partial charge on any atom is 0.232 e. The van der Waals surface area contributed by atoms with Gasteiger partial charge in [-0.2, -0.15) is 4.39 Å². The van der Waals surface area contributed by atoms with Crippen LogP contribution in [0.15, 0.2) is 17.0 Å². The van der Waals surface area contributed by atoms with Crippen molar-refractivity contribution in [3.8, 4) is 0 Å². The summed E-state index contributed by atoms with van der Waals surface area (Å²) >= 11 is 2.94. The summed E-state index contributed by atoms with van der Waals surface area (Å²) in [6, 6.07) is 2.36. The zero-order chi connectivity index (χ0) is 8.43. The van der Waals surface area contributed by atoms with Gasteiger partial charge < -0.3 is 4.55 Å². The minimum atomic E-state index is -2.34. The van der Waals surface area contributed by atoms with Crippen molar-refractivity contribution < 1.29 is 13.2 Å². The summed E-state index contributed by atoms with van der Waals surface area (Å²) in [7, 11) is 0. The molecule has 11 heavy (non-hydrogen) atoms. The minimum Gasteiger partial charge on any atom is -0.302 e. The third-order valence-electron chi connectivity index (χ3n) is 0.969. The average Bonchev–Trinajstić information content (AvgIpc) is 1.85. The molecular weight excluding hydrogens is 193 g/mol. The largest absolute Gasteiger partial charge is 0.302 e. The Hall–Kier alpha value is -0.520. The van der Waals surface area contributed by atoms with E-state index in [1.54, 1.807) is 0 Å². The molecule has 0 saturated carbocycles. The number of aromatic nitrogens is 1. The Labute approximate surface area is 69.5 Å². The van der Waals surface area contributed by atoms with Crippen molar-refractivity contribution in [3.63, 3.8) is 0 Å². The summed E-state index contributed by atoms with van der Waals surface area (Å²) in [6.07, 6.45) is 0. The van der Waals surface area contributed by atoms with E-state index in [-0.39, 0.29) is 10.0 Å². The number of hydrogen-bond acceptors (Lipinski definition) is 2. The van der Waals surface area contributed by atoms with Crippen LogP contribution >= 0.6 is 11.6 Å². The van der Waals surface area contributed by atoms with Gasteiger partial charge in [-0.3, -0.25) is 0 Å². The second-order valence-electron chi connectivity index (χ2n) is 1.67. The highest BCUT2D eigenvalue weighted by Gasteiger charge is 2.08. The van der Waals surface area contributed by atoms with E-state index >= 15 is 0 Å². The van der Waals surface area contributed by atoms with Gasteiger partial charge in [0.15, 0.2) is 11.1 Å². The van der Waals surface area contributed by atoms with Crippen molar-refractivity contribution in [2.75, 3.05) is 0 Å². The fourth-order valence-electron chi connectivity index (χ4n) is 0.530. The van der Waals surface area contributed by atoms with Crippen molar-refractivity contribution in [1.82, 2.24) is 4.98 Å². The molecular formula is C5H3ClFNO2S. The molecule has 1 heterocycles. The molecule has 0 aliphatic carbocycles. The Morgan fingerprint density at radius 2 is 2.27 bits per heavy atom. The summed E-state index contributed by atoms with van der Waals surface area (Å²) < 4.78 is 31.3. The quantitative estimate of drug-likeness (QED) is 0.545. The van der Waals surface area contributed by atoms with Crippen LogP contribution < -0.4 is 0 Å². The minimum absolute atomic E-state index is 0.0447. The molecule has 0 amide bonds. The van der Waals surface area contributed by atoms with Crippen LogP contribution in [0.3, 0.4) is 0 Å². The smallest absolute Gasteiger partial charge is 0.232 e. The van der Waals surface area contributed by atoms with Gasteiger partial charge in [0.1, 0.15) is 10.0 Å². The van der Waals surface area contributed by atoms with Crippen LogP contribution in [0.1, 0.15) is 0 Å². The van der Waals surface area contributed by atoms with Gasteiger partial charge in [-0.1, -0.05) is 11.6 Å². The van der Waals surface area contributed by atoms with Crippen LogP contribution in [0.25, 0.3) is 0 Å². The summed E-state index contributed by atoms with van der Waals surface area (Å²) in [5, 5.41) is -0.0447. The number of pyridine rings is 1. The van der Waals surface area contributed by atoms with Crippen LogP contribution in [0.4, 0.5) is 4.39 Å². The zero-order valence-corrected chi connectivity index (χ0v) is 6.69. The number of rotatable bonds is 1. The standard InChI is InChI=1S/C5H3ClFNO2S/c6-4-2-1-3(11(9)10)5(7)8-4/h1-2H,(H,9,10). The van der Waals surface area contributed by atoms with E-state index < -0.39 is 17.0 Å². The molecule has 0 aliphatic heterocycles. The number of halogens is 2. The maximum absolute atomic E-state index is 12.6. The third kappa shape index (κ3) is 1.95. The third-order valence-corrected chi connectivity index (χ3v) is 1.86. The molecule has 3 nitrogen and oxygen atoms in total. The van der Waals surface area contributed by atoms with E-state index in [4.69, 9.17) is 16.2 Å². The highest BCUT2D eigenvalue weighted by Crippen LogP contribution is 2.12. The first kappa shape index (κ1) is 8.58. The summed E-state index contributed by atoms with van der Waals surface area (Å²) in [5.41, 5.74) is 0. The molecule has 0 radical (unpaired) electrons. The Morgan fingerprint density at radius 1 is 1.64 bits per heavy atom. The normalized spacial score (nSPS) is 13.0. The van der Waals surface area contributed by atoms with Crippen LogP contribution in [0.2, 0.25) is 5.15 Å². The molecule has 6 heteroatoms. The number of hydrogen-bond donors (Lipinski definition) is 1. The van der Waals surface area contributed by atoms with Gasteiger partial charge in [-0.25, -0.2) is 9.19 Å². The SMILES string of the molecule is O=S(O)c1ccc(Cl)nc1F. The molecule has 1 aromatic rings. The Kier molecular flexibility index (Phi) is 2.53. The summed E-state index contributed by atoms with van der Waals surface area (Å²) in [6.45, 7) is 0. The van der Waals surface area contributed by atoms with E-state index in [0.29, 0.717) is 0 Å². The molecule has 1 aromatic heterocycles. The summed E-state index contributed by atoms with van der Waals surface area (Å²) in [4.78, 5) is 2.77. The van der Waals surface area contributed by atoms with E-state index in [9.17, 15) is 8.60 Å². The molecule has 0 fully saturated rings. The Bertz CT molecular complexity index is 307. The van der Waals surface area contributed by atoms with Crippen molar-refractivity contribution in [1.29, 1.82) is 0 Å². The van der Waals surface area contributed by atoms with Gasteiger partial charge in [0, 0.05) is 0 Å². The number of nitrogens with zero attached hydrogens (tertiary/aromatic N) is 1. The first-order chi connectivity index (χ1) is 5.11. The molecule has 0 aromatic carbocycles. The predicted octanol–water partition coefficient (Wildman–Crippen LogP) is 1.45. The molecule has 1 rings (SSSR count). The monoisotopic (exact) mass is 195 g/mol. The van der Waals surface area contributed by atoms with Crippen molar-refractivity contribution in [2.45, 2.75) is 4.90 Å². The van der Waals surface area contributed by atoms with Gasteiger partial charge in [-0.15, -0.1) is 0 Å². The van der Waals surface area contributed by atoms with Gasteiger partial charge in [0.05, 0.1) is 0 Å². The van der Waals surface area contributed by atoms with Crippen LogP contribution in [-0.2, 0) is 11.1 Å². The molecule has 1 atom stereocenters. The van der Waals surface area contributed by atoms with Crippen LogP contribution in [0, 0.1) is 5.95 Å². The van der Waals surface area contributed by atoms with E-state index in [1.807, 2.05) is 0 Å². The van der Waals surface area contributed by atoms with Crippen molar-refractivity contribution in [3.05, 3.63) is 23.2 Å². The lowest BCUT2D eigenvalue weighted by molar-refractivity contribution is 0.525. The Balaban J connectivity index is 3.20. The van der Waals surface area contributed by atoms with Gasteiger partial charge in [-0.05, 0) is 12.1 Å². The van der Waals surface area contributed by atoms with Crippen molar-refractivity contribution in [2.24, 2.45) is 0 Å². The van der Waals surface area contributed by atoms with Crippen LogP contribution in [0.5, 0.6) is 0 Å². The first-order valence-corrected chi connectivity index (χ1v) is 4.02. The lowest BCUT2D eigenvalue weighted by Crippen LogP contribution is -1.95. The molecule has 0 saturated heterocycles. The predicted molar refractivity (Wildman–Crippen MR) is 38.2 cm³/mol. The summed E-state index contributed by atoms with van der Waals surface area (Å²) in [5.74, 6) is -1.02. The molecule has 1 unspecified atom stereocenters. The van der Waals surface area contributed by atoms with Crippen LogP contribution in [-0.4, -0.2) is 13.7 Å². The maximum atomic E-state index is 12.6. The lowest BCUT2D eigenvalue weighted by atomic mass is 10.5. The fourth-order valence-corrected chi connectivity index (χ4v) is 1.04. The van der Waals surface area contributed by atoms with E-state index in [1.165, 1.54) is 6.07 Å². The first-order valence-electron chi connectivity index (χ1n) is 2.54. The van der Waals surface area contributed by atoms with Gasteiger partial charge >= 0.3 is 0 Å². The van der Waals surface area contributed by atoms with E-state index in [2.05, 4.69) is 4.98 Å². The molecule has 0 bridgehead atoms. The lowest BCUT2D eigenvalue weighted by Gasteiger charge is -1.95. The Morgan fingerprint density at radius 3 is 2.73 bits per heavy atom. The average molecular weight is 196 g/mol. The highest BCUT2D eigenvalue weighted by molar-refractivity contribution is 7.79. The van der Waals surface area contributed by atoms with Gasteiger partial charge in [0.2, 0.25) is 5.95 Å². The van der Waals surface area contributed by atoms with Crippen molar-refractivity contribution >= 4 is 22.7 Å². The fraction of sp³-hybridized carbons (Fsp3) is 0. The molecule has 1 N–H and O–H groups in total. The second kappa shape index (κ2) is 3.25. The van der Waals surface area contributed by atoms with E-state index in [0.717, 1.165) is 6.07 Å². The molecule has 0 spiro atoms.